The van der Waals surface area contributed by atoms with Crippen LogP contribution in [-0.4, -0.2) is 32.3 Å². The number of nitrogens with zero attached hydrogens (tertiary/aromatic N) is 3. The second-order valence-corrected chi connectivity index (χ2v) is 11.0. The van der Waals surface area contributed by atoms with Crippen LogP contribution in [0, 0.1) is 12.8 Å². The zero-order chi connectivity index (χ0) is 25.7. The maximum atomic E-state index is 12.8. The molecule has 0 radical (unpaired) electrons. The van der Waals surface area contributed by atoms with Gasteiger partial charge in [0.25, 0.3) is 5.91 Å². The Balaban J connectivity index is 1.68. The highest BCUT2D eigenvalue weighted by atomic mass is 79.9. The molecule has 1 aromatic heterocycles. The summed E-state index contributed by atoms with van der Waals surface area (Å²) in [6.45, 7) is 10.2. The average Bonchev–Trinajstić information content (AvgIpc) is 3.17. The van der Waals surface area contributed by atoms with Crippen molar-refractivity contribution in [3.63, 3.8) is 0 Å². The fourth-order valence-electron chi connectivity index (χ4n) is 3.62. The van der Waals surface area contributed by atoms with E-state index in [0.29, 0.717) is 16.5 Å². The number of hydrogen-bond donors (Lipinski definition) is 2. The van der Waals surface area contributed by atoms with Gasteiger partial charge in [-0.2, -0.15) is 0 Å². The lowest BCUT2D eigenvalue weighted by atomic mass is 10.0. The van der Waals surface area contributed by atoms with Crippen molar-refractivity contribution in [2.45, 2.75) is 51.7 Å². The Morgan fingerprint density at radius 3 is 2.37 bits per heavy atom. The zero-order valence-corrected chi connectivity index (χ0v) is 23.3. The first-order chi connectivity index (χ1) is 16.6. The van der Waals surface area contributed by atoms with Crippen LogP contribution in [0.3, 0.4) is 0 Å². The number of halogens is 1. The number of thioether (sulfide) groups is 1. The highest BCUT2D eigenvalue weighted by Gasteiger charge is 2.25. The summed E-state index contributed by atoms with van der Waals surface area (Å²) < 4.78 is 2.83. The van der Waals surface area contributed by atoms with E-state index in [2.05, 4.69) is 50.6 Å². The topological polar surface area (TPSA) is 88.9 Å². The van der Waals surface area contributed by atoms with E-state index in [-0.39, 0.29) is 35.4 Å². The molecule has 186 valence electrons. The van der Waals surface area contributed by atoms with Crippen molar-refractivity contribution in [3.05, 3.63) is 69.5 Å². The average molecular weight is 559 g/mol. The van der Waals surface area contributed by atoms with E-state index < -0.39 is 0 Å². The predicted molar refractivity (Wildman–Crippen MR) is 145 cm³/mol. The van der Waals surface area contributed by atoms with E-state index in [4.69, 9.17) is 0 Å². The van der Waals surface area contributed by atoms with Crippen molar-refractivity contribution in [3.8, 4) is 0 Å². The van der Waals surface area contributed by atoms with Crippen LogP contribution in [0.5, 0.6) is 0 Å². The minimum Gasteiger partial charge on any atom is -0.342 e. The SMILES string of the molecule is Cc1ccc(C(=O)N[C@H](c2nnc(SCC(=O)Nc3ccc(Br)cc3C(C)C)n2C)C(C)C)cc1. The third-order valence-corrected chi connectivity index (χ3v) is 7.17. The van der Waals surface area contributed by atoms with Crippen molar-refractivity contribution < 1.29 is 9.59 Å². The molecule has 9 heteroatoms. The molecule has 0 bridgehead atoms. The predicted octanol–water partition coefficient (Wildman–Crippen LogP) is 5.87. The molecule has 0 saturated heterocycles. The van der Waals surface area contributed by atoms with Gasteiger partial charge in [0.1, 0.15) is 0 Å². The molecule has 2 aromatic carbocycles. The molecule has 0 aliphatic heterocycles. The highest BCUT2D eigenvalue weighted by molar-refractivity contribution is 9.10. The molecule has 0 fully saturated rings. The summed E-state index contributed by atoms with van der Waals surface area (Å²) in [5.74, 6) is 0.952. The van der Waals surface area contributed by atoms with Gasteiger partial charge in [0.2, 0.25) is 5.91 Å². The van der Waals surface area contributed by atoms with Gasteiger partial charge in [0.15, 0.2) is 11.0 Å². The van der Waals surface area contributed by atoms with Gasteiger partial charge in [-0.1, -0.05) is 73.1 Å². The highest BCUT2D eigenvalue weighted by Crippen LogP contribution is 2.28. The fourth-order valence-corrected chi connectivity index (χ4v) is 4.72. The standard InChI is InChI=1S/C26H32BrN5O2S/c1-15(2)20-13-19(27)11-12-21(20)28-22(33)14-35-26-31-30-24(32(26)6)23(16(3)4)29-25(34)18-9-7-17(5)8-10-18/h7-13,15-16,23H,14H2,1-6H3,(H,28,33)(H,29,34)/t23-/m0/s1. The molecule has 0 saturated carbocycles. The quantitative estimate of drug-likeness (QED) is 0.321. The molecule has 1 atom stereocenters. The number of carbonyl (C=O) groups excluding carboxylic acids is 2. The monoisotopic (exact) mass is 557 g/mol. The number of aryl methyl sites for hydroxylation is 1. The first kappa shape index (κ1) is 26.9. The molecule has 0 spiro atoms. The summed E-state index contributed by atoms with van der Waals surface area (Å²) in [6.07, 6.45) is 0. The number of anilines is 1. The van der Waals surface area contributed by atoms with Gasteiger partial charge in [0, 0.05) is 22.8 Å². The summed E-state index contributed by atoms with van der Waals surface area (Å²) in [5.41, 5.74) is 3.58. The number of hydrogen-bond acceptors (Lipinski definition) is 5. The number of benzene rings is 2. The van der Waals surface area contributed by atoms with Gasteiger partial charge in [-0.3, -0.25) is 9.59 Å². The molecule has 35 heavy (non-hydrogen) atoms. The lowest BCUT2D eigenvalue weighted by Gasteiger charge is -2.21. The Morgan fingerprint density at radius 2 is 1.74 bits per heavy atom. The van der Waals surface area contributed by atoms with E-state index in [1.54, 1.807) is 0 Å². The van der Waals surface area contributed by atoms with Gasteiger partial charge in [-0.25, -0.2) is 0 Å². The zero-order valence-electron chi connectivity index (χ0n) is 20.9. The van der Waals surface area contributed by atoms with Crippen molar-refractivity contribution >= 4 is 45.2 Å². The van der Waals surface area contributed by atoms with E-state index in [1.165, 1.54) is 11.8 Å². The largest absolute Gasteiger partial charge is 0.342 e. The van der Waals surface area contributed by atoms with E-state index in [1.807, 2.05) is 74.9 Å². The number of aromatic nitrogens is 3. The van der Waals surface area contributed by atoms with Crippen LogP contribution in [0.4, 0.5) is 5.69 Å². The molecule has 7 nitrogen and oxygen atoms in total. The van der Waals surface area contributed by atoms with Crippen LogP contribution in [-0.2, 0) is 11.8 Å². The lowest BCUT2D eigenvalue weighted by Crippen LogP contribution is -2.33. The van der Waals surface area contributed by atoms with Gasteiger partial charge >= 0.3 is 0 Å². The Kier molecular flexibility index (Phi) is 9.13. The van der Waals surface area contributed by atoms with Crippen LogP contribution in [0.25, 0.3) is 0 Å². The molecule has 3 rings (SSSR count). The lowest BCUT2D eigenvalue weighted by molar-refractivity contribution is -0.113. The van der Waals surface area contributed by atoms with Crippen LogP contribution in [0.2, 0.25) is 0 Å². The molecule has 0 aliphatic rings. The van der Waals surface area contributed by atoms with Crippen LogP contribution in [0.15, 0.2) is 52.1 Å². The molecule has 2 N–H and O–H groups in total. The second kappa shape index (κ2) is 11.9. The molecule has 0 unspecified atom stereocenters. The molecule has 2 amide bonds. The fraction of sp³-hybridized carbons (Fsp3) is 0.385. The number of carbonyl (C=O) groups is 2. The number of amides is 2. The van der Waals surface area contributed by atoms with Crippen LogP contribution < -0.4 is 10.6 Å². The molecule has 1 heterocycles. The molecular formula is C26H32BrN5O2S. The van der Waals surface area contributed by atoms with Gasteiger partial charge < -0.3 is 15.2 Å². The summed E-state index contributed by atoms with van der Waals surface area (Å²) in [7, 11) is 1.86. The minimum atomic E-state index is -0.319. The Morgan fingerprint density at radius 1 is 1.06 bits per heavy atom. The van der Waals surface area contributed by atoms with Crippen LogP contribution in [0.1, 0.15) is 67.0 Å². The van der Waals surface area contributed by atoms with Crippen molar-refractivity contribution in [1.29, 1.82) is 0 Å². The Labute approximate surface area is 219 Å². The smallest absolute Gasteiger partial charge is 0.251 e. The van der Waals surface area contributed by atoms with Gasteiger partial charge in [-0.15, -0.1) is 10.2 Å². The maximum Gasteiger partial charge on any atom is 0.251 e. The summed E-state index contributed by atoms with van der Waals surface area (Å²) in [4.78, 5) is 25.5. The maximum absolute atomic E-state index is 12.8. The summed E-state index contributed by atoms with van der Waals surface area (Å²) in [5, 5.41) is 15.3. The molecule has 3 aromatic rings. The Hall–Kier alpha value is -2.65. The van der Waals surface area contributed by atoms with Crippen molar-refractivity contribution in [2.75, 3.05) is 11.1 Å². The normalized spacial score (nSPS) is 12.1. The first-order valence-corrected chi connectivity index (χ1v) is 13.3. The Bertz CT molecular complexity index is 1190. The summed E-state index contributed by atoms with van der Waals surface area (Å²) in [6, 6.07) is 13.0. The van der Waals surface area contributed by atoms with E-state index in [9.17, 15) is 9.59 Å². The summed E-state index contributed by atoms with van der Waals surface area (Å²) >= 11 is 4.81. The van der Waals surface area contributed by atoms with Gasteiger partial charge in [-0.05, 0) is 54.7 Å². The minimum absolute atomic E-state index is 0.0975. The number of rotatable bonds is 9. The van der Waals surface area contributed by atoms with E-state index >= 15 is 0 Å². The first-order valence-electron chi connectivity index (χ1n) is 11.6. The third kappa shape index (κ3) is 6.95. The third-order valence-electron chi connectivity index (χ3n) is 5.66. The van der Waals surface area contributed by atoms with Crippen molar-refractivity contribution in [1.82, 2.24) is 20.1 Å². The molecular weight excluding hydrogens is 526 g/mol. The van der Waals surface area contributed by atoms with E-state index in [0.717, 1.165) is 21.3 Å². The number of nitrogens with one attached hydrogen (secondary N) is 2. The van der Waals surface area contributed by atoms with Crippen molar-refractivity contribution in [2.24, 2.45) is 13.0 Å². The van der Waals surface area contributed by atoms with Crippen LogP contribution >= 0.6 is 27.7 Å². The van der Waals surface area contributed by atoms with Gasteiger partial charge in [0.05, 0.1) is 11.8 Å². The molecule has 0 aliphatic carbocycles. The second-order valence-electron chi connectivity index (χ2n) is 9.18.